The lowest BCUT2D eigenvalue weighted by Crippen LogP contribution is -2.42. The topological polar surface area (TPSA) is 53.3 Å². The van der Waals surface area contributed by atoms with Crippen LogP contribution >= 0.6 is 0 Å². The predicted octanol–water partition coefficient (Wildman–Crippen LogP) is 3.63. The van der Waals surface area contributed by atoms with Gasteiger partial charge in [0, 0.05) is 38.8 Å². The van der Waals surface area contributed by atoms with Crippen molar-refractivity contribution in [2.45, 2.75) is 32.2 Å². The Hall–Kier alpha value is -2.26. The van der Waals surface area contributed by atoms with Crippen LogP contribution in [0.2, 0.25) is 0 Å². The van der Waals surface area contributed by atoms with Gasteiger partial charge in [0.15, 0.2) is 0 Å². The molecule has 1 aromatic rings. The first-order valence-electron chi connectivity index (χ1n) is 8.17. The van der Waals surface area contributed by atoms with Gasteiger partial charge in [0.1, 0.15) is 0 Å². The molecular formula is C19H22F2N2O2. The Balaban J connectivity index is 2.23. The summed E-state index contributed by atoms with van der Waals surface area (Å²) in [7, 11) is 0. The molecule has 0 radical (unpaired) electrons. The van der Waals surface area contributed by atoms with Gasteiger partial charge in [-0.2, -0.15) is 5.26 Å². The first kappa shape index (κ1) is 19.1. The zero-order valence-corrected chi connectivity index (χ0v) is 14.3. The SMILES string of the molecule is C=CC(=O)N(Cc1cccc(C(C)(F)F)c1)CC1(C#N)CCOCC1. The fraction of sp³-hybridized carbons (Fsp3) is 0.474. The molecule has 1 aliphatic heterocycles. The van der Waals surface area contributed by atoms with Crippen LogP contribution in [-0.4, -0.2) is 30.6 Å². The fourth-order valence-electron chi connectivity index (χ4n) is 2.94. The van der Waals surface area contributed by atoms with Crippen molar-refractivity contribution < 1.29 is 18.3 Å². The van der Waals surface area contributed by atoms with Crippen molar-refractivity contribution in [3.05, 3.63) is 48.0 Å². The van der Waals surface area contributed by atoms with Gasteiger partial charge in [-0.05, 0) is 30.5 Å². The van der Waals surface area contributed by atoms with Crippen LogP contribution in [0.15, 0.2) is 36.9 Å². The minimum Gasteiger partial charge on any atom is -0.381 e. The molecule has 0 unspecified atom stereocenters. The van der Waals surface area contributed by atoms with Gasteiger partial charge < -0.3 is 9.64 Å². The average molecular weight is 348 g/mol. The predicted molar refractivity (Wildman–Crippen MR) is 89.7 cm³/mol. The second-order valence-electron chi connectivity index (χ2n) is 6.49. The molecule has 0 atom stereocenters. The number of rotatable bonds is 6. The van der Waals surface area contributed by atoms with Crippen LogP contribution in [0.4, 0.5) is 8.78 Å². The highest BCUT2D eigenvalue weighted by atomic mass is 19.3. The van der Waals surface area contributed by atoms with Gasteiger partial charge in [0.25, 0.3) is 5.92 Å². The molecule has 1 saturated heterocycles. The summed E-state index contributed by atoms with van der Waals surface area (Å²) in [6.07, 6.45) is 2.26. The molecule has 0 aromatic heterocycles. The molecule has 1 aromatic carbocycles. The first-order chi connectivity index (χ1) is 11.8. The number of amides is 1. The zero-order chi connectivity index (χ0) is 18.5. The smallest absolute Gasteiger partial charge is 0.270 e. The molecule has 1 heterocycles. The quantitative estimate of drug-likeness (QED) is 0.738. The number of halogens is 2. The molecule has 134 valence electrons. The molecule has 4 nitrogen and oxygen atoms in total. The van der Waals surface area contributed by atoms with Crippen molar-refractivity contribution in [2.75, 3.05) is 19.8 Å². The van der Waals surface area contributed by atoms with Crippen LogP contribution in [0.3, 0.4) is 0 Å². The third-order valence-electron chi connectivity index (χ3n) is 4.47. The number of hydrogen-bond donors (Lipinski definition) is 0. The van der Waals surface area contributed by atoms with Crippen molar-refractivity contribution in [1.82, 2.24) is 4.90 Å². The number of nitriles is 1. The first-order valence-corrected chi connectivity index (χ1v) is 8.17. The second-order valence-corrected chi connectivity index (χ2v) is 6.49. The van der Waals surface area contributed by atoms with Crippen molar-refractivity contribution in [3.8, 4) is 6.07 Å². The highest BCUT2D eigenvalue weighted by molar-refractivity contribution is 5.87. The van der Waals surface area contributed by atoms with Gasteiger partial charge in [-0.3, -0.25) is 4.79 Å². The van der Waals surface area contributed by atoms with Crippen molar-refractivity contribution in [1.29, 1.82) is 5.26 Å². The van der Waals surface area contributed by atoms with E-state index in [-0.39, 0.29) is 24.6 Å². The summed E-state index contributed by atoms with van der Waals surface area (Å²) < 4.78 is 32.4. The van der Waals surface area contributed by atoms with E-state index in [0.29, 0.717) is 31.6 Å². The van der Waals surface area contributed by atoms with E-state index in [1.165, 1.54) is 23.1 Å². The number of alkyl halides is 2. The Morgan fingerprint density at radius 2 is 2.16 bits per heavy atom. The molecule has 0 spiro atoms. The molecule has 0 N–H and O–H groups in total. The Bertz CT molecular complexity index is 671. The number of benzene rings is 1. The monoisotopic (exact) mass is 348 g/mol. The Morgan fingerprint density at radius 3 is 2.72 bits per heavy atom. The highest BCUT2D eigenvalue weighted by Gasteiger charge is 2.36. The lowest BCUT2D eigenvalue weighted by molar-refractivity contribution is -0.128. The van der Waals surface area contributed by atoms with Gasteiger partial charge in [-0.25, -0.2) is 8.78 Å². The van der Waals surface area contributed by atoms with E-state index in [2.05, 4.69) is 12.6 Å². The molecular weight excluding hydrogens is 326 g/mol. The van der Waals surface area contributed by atoms with Crippen molar-refractivity contribution >= 4 is 5.91 Å². The summed E-state index contributed by atoms with van der Waals surface area (Å²) in [6.45, 7) is 5.67. The molecule has 1 amide bonds. The minimum atomic E-state index is -2.95. The minimum absolute atomic E-state index is 0.0999. The summed E-state index contributed by atoms with van der Waals surface area (Å²) in [4.78, 5) is 13.7. The highest BCUT2D eigenvalue weighted by Crippen LogP contribution is 2.32. The van der Waals surface area contributed by atoms with Crippen LogP contribution in [0.25, 0.3) is 0 Å². The number of hydrogen-bond acceptors (Lipinski definition) is 3. The lowest BCUT2D eigenvalue weighted by atomic mass is 9.81. The summed E-state index contributed by atoms with van der Waals surface area (Å²) in [5.41, 5.74) is -0.185. The maximum absolute atomic E-state index is 13.5. The van der Waals surface area contributed by atoms with Gasteiger partial charge in [-0.1, -0.05) is 24.8 Å². The molecule has 1 fully saturated rings. The van der Waals surface area contributed by atoms with E-state index in [9.17, 15) is 18.8 Å². The van der Waals surface area contributed by atoms with E-state index in [4.69, 9.17) is 4.74 Å². The molecule has 0 saturated carbocycles. The summed E-state index contributed by atoms with van der Waals surface area (Å²) >= 11 is 0. The third kappa shape index (κ3) is 4.86. The lowest BCUT2D eigenvalue weighted by Gasteiger charge is -2.35. The second kappa shape index (κ2) is 7.75. The van der Waals surface area contributed by atoms with Gasteiger partial charge in [-0.15, -0.1) is 0 Å². The van der Waals surface area contributed by atoms with E-state index in [1.54, 1.807) is 12.1 Å². The normalized spacial score (nSPS) is 16.7. The summed E-state index contributed by atoms with van der Waals surface area (Å²) in [5, 5.41) is 9.59. The number of nitrogens with zero attached hydrogens (tertiary/aromatic N) is 2. The zero-order valence-electron chi connectivity index (χ0n) is 14.3. The Morgan fingerprint density at radius 1 is 1.48 bits per heavy atom. The third-order valence-corrected chi connectivity index (χ3v) is 4.47. The molecule has 6 heteroatoms. The summed E-state index contributed by atoms with van der Waals surface area (Å²) in [5.74, 6) is -3.27. The maximum Gasteiger partial charge on any atom is 0.270 e. The Kier molecular flexibility index (Phi) is 5.91. The van der Waals surface area contributed by atoms with Crippen LogP contribution in [0.1, 0.15) is 30.9 Å². The Labute approximate surface area is 146 Å². The van der Waals surface area contributed by atoms with Crippen LogP contribution in [0, 0.1) is 16.7 Å². The van der Waals surface area contributed by atoms with Gasteiger partial charge in [0.05, 0.1) is 11.5 Å². The molecule has 2 rings (SSSR count). The molecule has 25 heavy (non-hydrogen) atoms. The maximum atomic E-state index is 13.5. The van der Waals surface area contributed by atoms with Crippen molar-refractivity contribution in [2.24, 2.45) is 5.41 Å². The van der Waals surface area contributed by atoms with E-state index in [1.807, 2.05) is 0 Å². The number of carbonyl (C=O) groups excluding carboxylic acids is 1. The fourth-order valence-corrected chi connectivity index (χ4v) is 2.94. The largest absolute Gasteiger partial charge is 0.381 e. The number of ether oxygens (including phenoxy) is 1. The van der Waals surface area contributed by atoms with E-state index >= 15 is 0 Å². The van der Waals surface area contributed by atoms with E-state index < -0.39 is 11.3 Å². The van der Waals surface area contributed by atoms with Crippen LogP contribution < -0.4 is 0 Å². The average Bonchev–Trinajstić information content (AvgIpc) is 2.61. The molecule has 1 aliphatic rings. The number of carbonyl (C=O) groups is 1. The van der Waals surface area contributed by atoms with Crippen LogP contribution in [-0.2, 0) is 22.0 Å². The van der Waals surface area contributed by atoms with Crippen LogP contribution in [0.5, 0.6) is 0 Å². The van der Waals surface area contributed by atoms with E-state index in [0.717, 1.165) is 6.92 Å². The standard InChI is InChI=1S/C19H22F2N2O2/c1-3-17(24)23(14-19(13-22)7-9-25-10-8-19)12-15-5-4-6-16(11-15)18(2,20)21/h3-6,11H,1,7-10,12,14H2,2H3. The molecule has 0 bridgehead atoms. The van der Waals surface area contributed by atoms with Crippen molar-refractivity contribution in [3.63, 3.8) is 0 Å². The summed E-state index contributed by atoms with van der Waals surface area (Å²) in [6, 6.07) is 8.32. The van der Waals surface area contributed by atoms with Gasteiger partial charge >= 0.3 is 0 Å². The van der Waals surface area contributed by atoms with Gasteiger partial charge in [0.2, 0.25) is 5.91 Å². The molecule has 0 aliphatic carbocycles.